The van der Waals surface area contributed by atoms with Gasteiger partial charge in [-0.15, -0.1) is 0 Å². The molecule has 0 radical (unpaired) electrons. The highest BCUT2D eigenvalue weighted by Gasteiger charge is 2.16. The molecular weight excluding hydrogens is 320 g/mol. The molecule has 1 unspecified atom stereocenters. The number of amides is 1. The van der Waals surface area contributed by atoms with Gasteiger partial charge in [-0.2, -0.15) is 5.10 Å². The standard InChI is InChI=1S/C11H10BrClN4O/c1-7(17-6-14-5-15-17)11(18)16-10-3-2-8(13)4-9(10)12/h2-7H,1H3,(H,16,18). The first-order chi connectivity index (χ1) is 8.58. The van der Waals surface area contributed by atoms with Crippen molar-refractivity contribution in [2.24, 2.45) is 0 Å². The Morgan fingerprint density at radius 1 is 1.56 bits per heavy atom. The summed E-state index contributed by atoms with van der Waals surface area (Å²) in [6.45, 7) is 1.74. The summed E-state index contributed by atoms with van der Waals surface area (Å²) < 4.78 is 2.22. The molecule has 5 nitrogen and oxygen atoms in total. The normalized spacial score (nSPS) is 12.2. The van der Waals surface area contributed by atoms with E-state index in [0.717, 1.165) is 4.47 Å². The van der Waals surface area contributed by atoms with Crippen LogP contribution in [-0.4, -0.2) is 20.7 Å². The van der Waals surface area contributed by atoms with Gasteiger partial charge in [0.25, 0.3) is 0 Å². The zero-order chi connectivity index (χ0) is 13.1. The molecule has 0 aliphatic rings. The summed E-state index contributed by atoms with van der Waals surface area (Å²) in [6.07, 6.45) is 2.89. The van der Waals surface area contributed by atoms with Gasteiger partial charge in [-0.3, -0.25) is 4.79 Å². The van der Waals surface area contributed by atoms with E-state index in [-0.39, 0.29) is 5.91 Å². The molecule has 7 heteroatoms. The molecular formula is C11H10BrClN4O. The Bertz CT molecular complexity index is 558. The Kier molecular flexibility index (Phi) is 3.98. The van der Waals surface area contributed by atoms with Crippen LogP contribution in [-0.2, 0) is 4.79 Å². The summed E-state index contributed by atoms with van der Waals surface area (Å²) in [5.41, 5.74) is 0.663. The lowest BCUT2D eigenvalue weighted by Crippen LogP contribution is -2.24. The number of aromatic nitrogens is 3. The molecule has 2 rings (SSSR count). The van der Waals surface area contributed by atoms with E-state index in [9.17, 15) is 4.79 Å². The Labute approximate surface area is 117 Å². The minimum atomic E-state index is -0.435. The van der Waals surface area contributed by atoms with Gasteiger partial charge in [0.1, 0.15) is 18.7 Å². The lowest BCUT2D eigenvalue weighted by atomic mass is 10.2. The highest BCUT2D eigenvalue weighted by molar-refractivity contribution is 9.10. The molecule has 1 aromatic heterocycles. The van der Waals surface area contributed by atoms with Crippen molar-refractivity contribution in [3.63, 3.8) is 0 Å². The predicted molar refractivity (Wildman–Crippen MR) is 72.5 cm³/mol. The Hall–Kier alpha value is -1.40. The number of nitrogens with zero attached hydrogens (tertiary/aromatic N) is 3. The van der Waals surface area contributed by atoms with E-state index in [0.29, 0.717) is 10.7 Å². The molecule has 1 amide bonds. The van der Waals surface area contributed by atoms with Crippen molar-refractivity contribution in [1.82, 2.24) is 14.8 Å². The van der Waals surface area contributed by atoms with Crippen molar-refractivity contribution in [3.8, 4) is 0 Å². The third-order valence-electron chi connectivity index (χ3n) is 2.40. The van der Waals surface area contributed by atoms with Crippen LogP contribution in [0.25, 0.3) is 0 Å². The van der Waals surface area contributed by atoms with Crippen LogP contribution in [0.1, 0.15) is 13.0 Å². The monoisotopic (exact) mass is 328 g/mol. The van der Waals surface area contributed by atoms with Crippen molar-refractivity contribution in [1.29, 1.82) is 0 Å². The zero-order valence-corrected chi connectivity index (χ0v) is 11.8. The number of anilines is 1. The maximum atomic E-state index is 12.0. The van der Waals surface area contributed by atoms with Crippen molar-refractivity contribution >= 4 is 39.1 Å². The number of benzene rings is 1. The summed E-state index contributed by atoms with van der Waals surface area (Å²) in [7, 11) is 0. The number of halogens is 2. The van der Waals surface area contributed by atoms with Crippen LogP contribution >= 0.6 is 27.5 Å². The van der Waals surface area contributed by atoms with Gasteiger partial charge in [0.2, 0.25) is 5.91 Å². The largest absolute Gasteiger partial charge is 0.323 e. The van der Waals surface area contributed by atoms with E-state index >= 15 is 0 Å². The molecule has 2 aromatic rings. The van der Waals surface area contributed by atoms with Crippen molar-refractivity contribution in [2.75, 3.05) is 5.32 Å². The summed E-state index contributed by atoms with van der Waals surface area (Å²) >= 11 is 9.17. The minimum Gasteiger partial charge on any atom is -0.323 e. The smallest absolute Gasteiger partial charge is 0.249 e. The predicted octanol–water partition coefficient (Wildman–Crippen LogP) is 2.89. The van der Waals surface area contributed by atoms with Crippen molar-refractivity contribution in [2.45, 2.75) is 13.0 Å². The fraction of sp³-hybridized carbons (Fsp3) is 0.182. The molecule has 94 valence electrons. The van der Waals surface area contributed by atoms with Gasteiger partial charge >= 0.3 is 0 Å². The first-order valence-corrected chi connectivity index (χ1v) is 6.35. The van der Waals surface area contributed by atoms with Crippen LogP contribution in [0.4, 0.5) is 5.69 Å². The molecule has 0 saturated heterocycles. The first-order valence-electron chi connectivity index (χ1n) is 5.18. The molecule has 18 heavy (non-hydrogen) atoms. The Morgan fingerprint density at radius 2 is 2.33 bits per heavy atom. The second-order valence-corrected chi connectivity index (χ2v) is 4.96. The average Bonchev–Trinajstić information content (AvgIpc) is 2.85. The van der Waals surface area contributed by atoms with Crippen molar-refractivity contribution < 1.29 is 4.79 Å². The van der Waals surface area contributed by atoms with Crippen molar-refractivity contribution in [3.05, 3.63) is 40.3 Å². The summed E-state index contributed by atoms with van der Waals surface area (Å²) in [6, 6.07) is 4.73. The lowest BCUT2D eigenvalue weighted by molar-refractivity contribution is -0.119. The molecule has 1 heterocycles. The number of hydrogen-bond acceptors (Lipinski definition) is 3. The van der Waals surface area contributed by atoms with Crippen LogP contribution in [0.2, 0.25) is 5.02 Å². The van der Waals surface area contributed by atoms with Crippen LogP contribution in [0.15, 0.2) is 35.3 Å². The first kappa shape index (κ1) is 13.0. The quantitative estimate of drug-likeness (QED) is 0.942. The van der Waals surface area contributed by atoms with E-state index in [2.05, 4.69) is 31.3 Å². The lowest BCUT2D eigenvalue weighted by Gasteiger charge is -2.13. The maximum Gasteiger partial charge on any atom is 0.249 e. The molecule has 1 atom stereocenters. The van der Waals surface area contributed by atoms with Gasteiger partial charge < -0.3 is 5.32 Å². The number of carbonyl (C=O) groups is 1. The van der Waals surface area contributed by atoms with E-state index in [1.807, 2.05) is 0 Å². The molecule has 1 N–H and O–H groups in total. The highest BCUT2D eigenvalue weighted by atomic mass is 79.9. The van der Waals surface area contributed by atoms with Crippen LogP contribution < -0.4 is 5.32 Å². The Morgan fingerprint density at radius 3 is 2.94 bits per heavy atom. The summed E-state index contributed by atoms with van der Waals surface area (Å²) in [4.78, 5) is 15.8. The SMILES string of the molecule is CC(C(=O)Nc1ccc(Cl)cc1Br)n1cncn1. The summed E-state index contributed by atoms with van der Waals surface area (Å²) in [5.74, 6) is -0.177. The average molecular weight is 330 g/mol. The number of carbonyl (C=O) groups excluding carboxylic acids is 1. The second-order valence-electron chi connectivity index (χ2n) is 3.66. The van der Waals surface area contributed by atoms with Gasteiger partial charge in [-0.1, -0.05) is 11.6 Å². The van der Waals surface area contributed by atoms with E-state index in [1.165, 1.54) is 17.3 Å². The fourth-order valence-electron chi connectivity index (χ4n) is 1.37. The molecule has 0 spiro atoms. The number of nitrogens with one attached hydrogen (secondary N) is 1. The number of hydrogen-bond donors (Lipinski definition) is 1. The molecule has 1 aromatic carbocycles. The summed E-state index contributed by atoms with van der Waals surface area (Å²) in [5, 5.41) is 7.32. The van der Waals surface area contributed by atoms with Crippen LogP contribution in [0.3, 0.4) is 0 Å². The molecule has 0 saturated carbocycles. The third-order valence-corrected chi connectivity index (χ3v) is 3.29. The minimum absolute atomic E-state index is 0.177. The molecule has 0 bridgehead atoms. The topological polar surface area (TPSA) is 59.8 Å². The Balaban J connectivity index is 2.12. The van der Waals surface area contributed by atoms with Gasteiger partial charge in [0.15, 0.2) is 0 Å². The third kappa shape index (κ3) is 2.88. The molecule has 0 fully saturated rings. The second kappa shape index (κ2) is 5.49. The number of rotatable bonds is 3. The van der Waals surface area contributed by atoms with E-state index < -0.39 is 6.04 Å². The maximum absolute atomic E-state index is 12.0. The van der Waals surface area contributed by atoms with Gasteiger partial charge in [0, 0.05) is 9.50 Å². The van der Waals surface area contributed by atoms with E-state index in [4.69, 9.17) is 11.6 Å². The van der Waals surface area contributed by atoms with Gasteiger partial charge in [-0.05, 0) is 41.1 Å². The van der Waals surface area contributed by atoms with E-state index in [1.54, 1.807) is 25.1 Å². The van der Waals surface area contributed by atoms with Gasteiger partial charge in [0.05, 0.1) is 5.69 Å². The van der Waals surface area contributed by atoms with Crippen LogP contribution in [0, 0.1) is 0 Å². The highest BCUT2D eigenvalue weighted by Crippen LogP contribution is 2.26. The fourth-order valence-corrected chi connectivity index (χ4v) is 2.15. The zero-order valence-electron chi connectivity index (χ0n) is 9.47. The molecule has 0 aliphatic heterocycles. The van der Waals surface area contributed by atoms with Gasteiger partial charge in [-0.25, -0.2) is 9.67 Å². The van der Waals surface area contributed by atoms with Crippen LogP contribution in [0.5, 0.6) is 0 Å². The molecule has 0 aliphatic carbocycles.